The summed E-state index contributed by atoms with van der Waals surface area (Å²) >= 11 is 0. The van der Waals surface area contributed by atoms with Gasteiger partial charge in [0.1, 0.15) is 0 Å². The van der Waals surface area contributed by atoms with Crippen LogP contribution in [0.5, 0.6) is 0 Å². The summed E-state index contributed by atoms with van der Waals surface area (Å²) in [6, 6.07) is 8.24. The molecular weight excluding hydrogens is 308 g/mol. The normalized spacial score (nSPS) is 19.9. The number of likely N-dealkylation sites (tertiary alicyclic amines) is 1. The zero-order valence-corrected chi connectivity index (χ0v) is 16.1. The molecule has 0 aromatic heterocycles. The van der Waals surface area contributed by atoms with E-state index in [1.165, 1.54) is 55.5 Å². The summed E-state index contributed by atoms with van der Waals surface area (Å²) in [6.45, 7) is 10.7. The van der Waals surface area contributed by atoms with Crippen LogP contribution in [0.25, 0.3) is 0 Å². The Morgan fingerprint density at radius 1 is 1.08 bits per heavy atom. The number of benzene rings is 1. The first-order valence-corrected chi connectivity index (χ1v) is 10.00. The molecule has 1 heterocycles. The van der Waals surface area contributed by atoms with Crippen LogP contribution >= 0.6 is 0 Å². The maximum Gasteiger partial charge on any atom is 0.191 e. The Hall–Kier alpha value is -1.55. The average Bonchev–Trinajstić information content (AvgIpc) is 3.40. The van der Waals surface area contributed by atoms with Gasteiger partial charge in [-0.3, -0.25) is 4.99 Å². The Labute approximate surface area is 153 Å². The summed E-state index contributed by atoms with van der Waals surface area (Å²) in [6.07, 6.45) is 6.30. The first-order valence-electron chi connectivity index (χ1n) is 10.00. The second-order valence-corrected chi connectivity index (χ2v) is 7.69. The Kier molecular flexibility index (Phi) is 6.35. The van der Waals surface area contributed by atoms with E-state index in [1.807, 2.05) is 0 Å². The van der Waals surface area contributed by atoms with Crippen molar-refractivity contribution in [3.8, 4) is 0 Å². The molecule has 1 saturated heterocycles. The van der Waals surface area contributed by atoms with Crippen LogP contribution in [-0.4, -0.2) is 49.1 Å². The van der Waals surface area contributed by atoms with Crippen molar-refractivity contribution in [1.82, 2.24) is 15.5 Å². The van der Waals surface area contributed by atoms with Crippen molar-refractivity contribution in [2.45, 2.75) is 65.0 Å². The molecule has 1 aliphatic carbocycles. The minimum Gasteiger partial charge on any atom is -0.357 e. The molecule has 0 amide bonds. The van der Waals surface area contributed by atoms with Gasteiger partial charge in [0.05, 0.1) is 0 Å². The summed E-state index contributed by atoms with van der Waals surface area (Å²) in [7, 11) is 0. The molecule has 0 atom stereocenters. The minimum absolute atomic E-state index is 0.564. The van der Waals surface area contributed by atoms with Crippen molar-refractivity contribution in [2.24, 2.45) is 4.99 Å². The maximum absolute atomic E-state index is 4.81. The summed E-state index contributed by atoms with van der Waals surface area (Å²) in [5.41, 5.74) is 4.06. The number of piperidine rings is 1. The highest BCUT2D eigenvalue weighted by Gasteiger charge is 2.31. The van der Waals surface area contributed by atoms with Gasteiger partial charge in [-0.05, 0) is 58.4 Å². The number of guanidine groups is 1. The summed E-state index contributed by atoms with van der Waals surface area (Å²) < 4.78 is 0. The van der Waals surface area contributed by atoms with Gasteiger partial charge in [-0.25, -0.2) is 0 Å². The van der Waals surface area contributed by atoms with E-state index in [2.05, 4.69) is 54.5 Å². The van der Waals surface area contributed by atoms with Crippen LogP contribution in [0.3, 0.4) is 0 Å². The van der Waals surface area contributed by atoms with Crippen LogP contribution in [0.15, 0.2) is 23.2 Å². The number of hydrogen-bond donors (Lipinski definition) is 2. The molecule has 1 aromatic carbocycles. The predicted octanol–water partition coefficient (Wildman–Crippen LogP) is 3.03. The number of aliphatic imine (C=N–C) groups is 1. The smallest absolute Gasteiger partial charge is 0.191 e. The second kappa shape index (κ2) is 8.70. The summed E-state index contributed by atoms with van der Waals surface area (Å²) in [5.74, 6) is 0.983. The van der Waals surface area contributed by atoms with Gasteiger partial charge in [-0.15, -0.1) is 0 Å². The van der Waals surface area contributed by atoms with E-state index in [4.69, 9.17) is 4.99 Å². The van der Waals surface area contributed by atoms with Crippen LogP contribution in [0, 0.1) is 13.8 Å². The fraction of sp³-hybridized carbons (Fsp3) is 0.667. The molecule has 25 heavy (non-hydrogen) atoms. The zero-order chi connectivity index (χ0) is 17.6. The van der Waals surface area contributed by atoms with Crippen molar-refractivity contribution in [3.63, 3.8) is 0 Å². The quantitative estimate of drug-likeness (QED) is 0.617. The van der Waals surface area contributed by atoms with Crippen molar-refractivity contribution in [3.05, 3.63) is 34.9 Å². The minimum atomic E-state index is 0.564. The lowest BCUT2D eigenvalue weighted by atomic mass is 10.0. The van der Waals surface area contributed by atoms with E-state index in [-0.39, 0.29) is 0 Å². The molecule has 1 aromatic rings. The fourth-order valence-electron chi connectivity index (χ4n) is 3.87. The van der Waals surface area contributed by atoms with Crippen LogP contribution in [0.4, 0.5) is 0 Å². The average molecular weight is 343 g/mol. The van der Waals surface area contributed by atoms with E-state index in [0.29, 0.717) is 6.04 Å². The second-order valence-electron chi connectivity index (χ2n) is 7.69. The molecule has 1 saturated carbocycles. The van der Waals surface area contributed by atoms with Gasteiger partial charge < -0.3 is 15.5 Å². The standard InChI is InChI=1S/C21H34N4/c1-4-22-21(23-10-7-18-14-16(2)13-17(3)15-18)24-19-8-11-25(12-9-19)20-5-6-20/h13-15,19-20H,4-12H2,1-3H3,(H2,22,23,24). The summed E-state index contributed by atoms with van der Waals surface area (Å²) in [5, 5.41) is 7.07. The molecule has 0 unspecified atom stereocenters. The monoisotopic (exact) mass is 342 g/mol. The van der Waals surface area contributed by atoms with E-state index in [0.717, 1.165) is 31.5 Å². The molecular formula is C21H34N4. The first kappa shape index (κ1) is 18.2. The van der Waals surface area contributed by atoms with Crippen LogP contribution < -0.4 is 10.6 Å². The van der Waals surface area contributed by atoms with Gasteiger partial charge >= 0.3 is 0 Å². The van der Waals surface area contributed by atoms with Gasteiger partial charge in [0.25, 0.3) is 0 Å². The van der Waals surface area contributed by atoms with Crippen molar-refractivity contribution >= 4 is 5.96 Å². The number of hydrogen-bond acceptors (Lipinski definition) is 2. The molecule has 1 aliphatic heterocycles. The van der Waals surface area contributed by atoms with E-state index < -0.39 is 0 Å². The van der Waals surface area contributed by atoms with Crippen molar-refractivity contribution < 1.29 is 0 Å². The first-order chi connectivity index (χ1) is 12.1. The van der Waals surface area contributed by atoms with Gasteiger partial charge in [0.15, 0.2) is 5.96 Å². The highest BCUT2D eigenvalue weighted by Crippen LogP contribution is 2.29. The topological polar surface area (TPSA) is 39.7 Å². The SMILES string of the molecule is CCNC(=NCCc1cc(C)cc(C)c1)NC1CCN(C2CC2)CC1. The Morgan fingerprint density at radius 2 is 1.76 bits per heavy atom. The molecule has 0 radical (unpaired) electrons. The highest BCUT2D eigenvalue weighted by molar-refractivity contribution is 5.80. The number of rotatable bonds is 6. The molecule has 4 nitrogen and oxygen atoms in total. The number of aryl methyl sites for hydroxylation is 2. The summed E-state index contributed by atoms with van der Waals surface area (Å²) in [4.78, 5) is 7.48. The van der Waals surface area contributed by atoms with Crippen LogP contribution in [0.1, 0.15) is 49.3 Å². The molecule has 0 bridgehead atoms. The molecule has 2 aliphatic rings. The lowest BCUT2D eigenvalue weighted by Crippen LogP contribution is -2.49. The van der Waals surface area contributed by atoms with E-state index >= 15 is 0 Å². The van der Waals surface area contributed by atoms with Gasteiger partial charge in [-0.1, -0.05) is 29.3 Å². The fourth-order valence-corrected chi connectivity index (χ4v) is 3.87. The van der Waals surface area contributed by atoms with E-state index in [9.17, 15) is 0 Å². The molecule has 2 N–H and O–H groups in total. The van der Waals surface area contributed by atoms with E-state index in [1.54, 1.807) is 0 Å². The Bertz CT molecular complexity index is 563. The molecule has 3 rings (SSSR count). The highest BCUT2D eigenvalue weighted by atomic mass is 15.2. The molecule has 138 valence electrons. The predicted molar refractivity (Wildman–Crippen MR) is 106 cm³/mol. The number of nitrogens with zero attached hydrogens (tertiary/aromatic N) is 2. The van der Waals surface area contributed by atoms with Crippen molar-refractivity contribution in [1.29, 1.82) is 0 Å². The van der Waals surface area contributed by atoms with Gasteiger partial charge in [-0.2, -0.15) is 0 Å². The number of nitrogens with one attached hydrogen (secondary N) is 2. The third kappa shape index (κ3) is 5.74. The lowest BCUT2D eigenvalue weighted by molar-refractivity contribution is 0.197. The maximum atomic E-state index is 4.81. The zero-order valence-electron chi connectivity index (χ0n) is 16.1. The third-order valence-corrected chi connectivity index (χ3v) is 5.23. The van der Waals surface area contributed by atoms with Crippen molar-refractivity contribution in [2.75, 3.05) is 26.2 Å². The van der Waals surface area contributed by atoms with Crippen LogP contribution in [-0.2, 0) is 6.42 Å². The molecule has 2 fully saturated rings. The third-order valence-electron chi connectivity index (χ3n) is 5.23. The largest absolute Gasteiger partial charge is 0.357 e. The van der Waals surface area contributed by atoms with Crippen LogP contribution in [0.2, 0.25) is 0 Å². The molecule has 4 heteroatoms. The molecule has 0 spiro atoms. The lowest BCUT2D eigenvalue weighted by Gasteiger charge is -2.33. The Morgan fingerprint density at radius 3 is 2.36 bits per heavy atom. The van der Waals surface area contributed by atoms with Gasteiger partial charge in [0.2, 0.25) is 0 Å². The Balaban J connectivity index is 1.48. The van der Waals surface area contributed by atoms with Gasteiger partial charge in [0, 0.05) is 38.3 Å².